The molecule has 0 aromatic heterocycles. The average molecular weight is 298 g/mol. The van der Waals surface area contributed by atoms with Crippen molar-refractivity contribution in [2.45, 2.75) is 13.0 Å². The number of rotatable bonds is 5. The largest absolute Gasteiger partial charge is 0.457 e. The lowest BCUT2D eigenvalue weighted by molar-refractivity contribution is -0.386. The van der Waals surface area contributed by atoms with Gasteiger partial charge in [0.25, 0.3) is 5.69 Å². The van der Waals surface area contributed by atoms with Crippen LogP contribution in [0.15, 0.2) is 48.5 Å². The fourth-order valence-electron chi connectivity index (χ4n) is 1.96. The minimum Gasteiger partial charge on any atom is -0.457 e. The molecule has 0 fully saturated rings. The van der Waals surface area contributed by atoms with E-state index in [0.29, 0.717) is 11.5 Å². The second-order valence-corrected chi connectivity index (χ2v) is 4.76. The Hall–Kier alpha value is -2.91. The Bertz CT molecular complexity index is 710. The summed E-state index contributed by atoms with van der Waals surface area (Å²) in [7, 11) is 0. The first kappa shape index (κ1) is 15.5. The highest BCUT2D eigenvalue weighted by atomic mass is 16.6. The van der Waals surface area contributed by atoms with Gasteiger partial charge < -0.3 is 9.84 Å². The van der Waals surface area contributed by atoms with E-state index >= 15 is 0 Å². The molecule has 0 aliphatic carbocycles. The Morgan fingerprint density at radius 3 is 2.50 bits per heavy atom. The zero-order chi connectivity index (χ0) is 16.1. The lowest BCUT2D eigenvalue weighted by Crippen LogP contribution is -2.09. The molecular formula is C16H14N2O4. The lowest BCUT2D eigenvalue weighted by atomic mass is 9.97. The highest BCUT2D eigenvalue weighted by Crippen LogP contribution is 2.34. The summed E-state index contributed by atoms with van der Waals surface area (Å²) in [5.74, 6) is 0.159. The van der Waals surface area contributed by atoms with E-state index in [9.17, 15) is 15.2 Å². The maximum Gasteiger partial charge on any atom is 0.275 e. The van der Waals surface area contributed by atoms with Gasteiger partial charge in [-0.15, -0.1) is 0 Å². The summed E-state index contributed by atoms with van der Waals surface area (Å²) < 4.78 is 5.60. The topological polar surface area (TPSA) is 96.4 Å². The van der Waals surface area contributed by atoms with Gasteiger partial charge in [0.05, 0.1) is 22.5 Å². The van der Waals surface area contributed by atoms with E-state index < -0.39 is 16.9 Å². The van der Waals surface area contributed by atoms with Crippen molar-refractivity contribution in [2.24, 2.45) is 5.92 Å². The summed E-state index contributed by atoms with van der Waals surface area (Å²) in [5.41, 5.74) is -0.178. The van der Waals surface area contributed by atoms with Crippen LogP contribution in [0.25, 0.3) is 0 Å². The number of hydrogen-bond donors (Lipinski definition) is 1. The fraction of sp³-hybridized carbons (Fsp3) is 0.188. The minimum atomic E-state index is -1.26. The van der Waals surface area contributed by atoms with E-state index in [1.807, 2.05) is 12.1 Å². The molecule has 0 bridgehead atoms. The van der Waals surface area contributed by atoms with Crippen LogP contribution in [0, 0.1) is 27.4 Å². The predicted octanol–water partition coefficient (Wildman–Crippen LogP) is 3.58. The van der Waals surface area contributed by atoms with Crippen molar-refractivity contribution in [3.8, 4) is 17.6 Å². The molecular weight excluding hydrogens is 284 g/mol. The van der Waals surface area contributed by atoms with E-state index in [0.717, 1.165) is 0 Å². The van der Waals surface area contributed by atoms with Crippen LogP contribution in [0.1, 0.15) is 18.6 Å². The average Bonchev–Trinajstić information content (AvgIpc) is 2.54. The maximum atomic E-state index is 11.1. The third-order valence-electron chi connectivity index (χ3n) is 3.17. The second-order valence-electron chi connectivity index (χ2n) is 4.76. The van der Waals surface area contributed by atoms with Crippen molar-refractivity contribution in [3.63, 3.8) is 0 Å². The lowest BCUT2D eigenvalue weighted by Gasteiger charge is -2.14. The highest BCUT2D eigenvalue weighted by molar-refractivity contribution is 5.48. The summed E-state index contributed by atoms with van der Waals surface area (Å²) >= 11 is 0. The third kappa shape index (κ3) is 3.40. The van der Waals surface area contributed by atoms with Crippen LogP contribution >= 0.6 is 0 Å². The SMILES string of the molecule is CC(C#N)C(O)c1cc(Oc2ccccc2)ccc1[N+](=O)[O-]. The molecule has 2 atom stereocenters. The molecule has 0 heterocycles. The standard InChI is InChI=1S/C16H14N2O4/c1-11(10-17)16(19)14-9-13(7-8-15(14)18(20)21)22-12-5-3-2-4-6-12/h2-9,11,16,19H,1H3. The zero-order valence-electron chi connectivity index (χ0n) is 11.8. The van der Waals surface area contributed by atoms with E-state index in [-0.39, 0.29) is 11.3 Å². The molecule has 0 saturated carbocycles. The normalized spacial score (nSPS) is 13.0. The van der Waals surface area contributed by atoms with Crippen molar-refractivity contribution in [1.29, 1.82) is 5.26 Å². The molecule has 0 radical (unpaired) electrons. The van der Waals surface area contributed by atoms with Gasteiger partial charge in [0.15, 0.2) is 0 Å². The summed E-state index contributed by atoms with van der Waals surface area (Å²) in [5, 5.41) is 30.1. The van der Waals surface area contributed by atoms with Crippen LogP contribution in [0.2, 0.25) is 0 Å². The number of hydrogen-bond acceptors (Lipinski definition) is 5. The molecule has 1 N–H and O–H groups in total. The smallest absolute Gasteiger partial charge is 0.275 e. The van der Waals surface area contributed by atoms with Crippen LogP contribution in [0.3, 0.4) is 0 Å². The molecule has 112 valence electrons. The number of nitrogens with zero attached hydrogens (tertiary/aromatic N) is 2. The summed E-state index contributed by atoms with van der Waals surface area (Å²) in [6.07, 6.45) is -1.26. The zero-order valence-corrected chi connectivity index (χ0v) is 11.8. The molecule has 0 saturated heterocycles. The van der Waals surface area contributed by atoms with Gasteiger partial charge in [-0.2, -0.15) is 5.26 Å². The number of nitro benzene ring substituents is 1. The van der Waals surface area contributed by atoms with Gasteiger partial charge >= 0.3 is 0 Å². The van der Waals surface area contributed by atoms with Crippen molar-refractivity contribution >= 4 is 5.69 Å². The maximum absolute atomic E-state index is 11.1. The predicted molar refractivity (Wildman–Crippen MR) is 79.3 cm³/mol. The Labute approximate surface area is 127 Å². The van der Waals surface area contributed by atoms with Crippen LogP contribution in [0.5, 0.6) is 11.5 Å². The molecule has 2 aromatic carbocycles. The van der Waals surface area contributed by atoms with Gasteiger partial charge in [-0.1, -0.05) is 18.2 Å². The molecule has 2 aromatic rings. The van der Waals surface area contributed by atoms with E-state index in [1.54, 1.807) is 24.3 Å². The first-order valence-corrected chi connectivity index (χ1v) is 6.62. The van der Waals surface area contributed by atoms with Crippen LogP contribution < -0.4 is 4.74 Å². The first-order valence-electron chi connectivity index (χ1n) is 6.62. The molecule has 0 spiro atoms. The monoisotopic (exact) mass is 298 g/mol. The van der Waals surface area contributed by atoms with Gasteiger partial charge in [0, 0.05) is 6.07 Å². The van der Waals surface area contributed by atoms with Crippen molar-refractivity contribution < 1.29 is 14.8 Å². The number of para-hydroxylation sites is 1. The van der Waals surface area contributed by atoms with E-state index in [2.05, 4.69) is 0 Å². The molecule has 22 heavy (non-hydrogen) atoms. The molecule has 2 unspecified atom stereocenters. The van der Waals surface area contributed by atoms with Crippen molar-refractivity contribution in [2.75, 3.05) is 0 Å². The molecule has 0 aliphatic heterocycles. The van der Waals surface area contributed by atoms with Gasteiger partial charge in [-0.3, -0.25) is 10.1 Å². The van der Waals surface area contributed by atoms with E-state index in [4.69, 9.17) is 10.00 Å². The Balaban J connectivity index is 2.39. The van der Waals surface area contributed by atoms with Crippen molar-refractivity contribution in [3.05, 3.63) is 64.2 Å². The fourth-order valence-corrected chi connectivity index (χ4v) is 1.96. The minimum absolute atomic E-state index is 0.0625. The summed E-state index contributed by atoms with van der Waals surface area (Å²) in [6, 6.07) is 14.9. The number of nitro groups is 1. The molecule has 6 heteroatoms. The van der Waals surface area contributed by atoms with Gasteiger partial charge in [-0.05, 0) is 31.2 Å². The summed E-state index contributed by atoms with van der Waals surface area (Å²) in [6.45, 7) is 1.50. The number of benzene rings is 2. The van der Waals surface area contributed by atoms with Crippen LogP contribution in [-0.4, -0.2) is 10.0 Å². The number of aliphatic hydroxyl groups excluding tert-OH is 1. The summed E-state index contributed by atoms with van der Waals surface area (Å²) in [4.78, 5) is 10.5. The third-order valence-corrected chi connectivity index (χ3v) is 3.17. The van der Waals surface area contributed by atoms with Crippen molar-refractivity contribution in [1.82, 2.24) is 0 Å². The number of aliphatic hydroxyl groups is 1. The van der Waals surface area contributed by atoms with Gasteiger partial charge in [0.2, 0.25) is 0 Å². The van der Waals surface area contributed by atoms with Gasteiger partial charge in [-0.25, -0.2) is 0 Å². The molecule has 0 aliphatic rings. The molecule has 6 nitrogen and oxygen atoms in total. The highest BCUT2D eigenvalue weighted by Gasteiger charge is 2.25. The van der Waals surface area contributed by atoms with Gasteiger partial charge in [0.1, 0.15) is 17.6 Å². The quantitative estimate of drug-likeness (QED) is 0.672. The Morgan fingerprint density at radius 1 is 1.23 bits per heavy atom. The van der Waals surface area contributed by atoms with E-state index in [1.165, 1.54) is 25.1 Å². The van der Waals surface area contributed by atoms with Crippen LogP contribution in [-0.2, 0) is 0 Å². The Morgan fingerprint density at radius 2 is 1.91 bits per heavy atom. The first-order chi connectivity index (χ1) is 10.5. The molecule has 0 amide bonds. The number of nitriles is 1. The molecule has 2 rings (SSSR count). The van der Waals surface area contributed by atoms with Crippen LogP contribution in [0.4, 0.5) is 5.69 Å². The Kier molecular flexibility index (Phi) is 4.71. The second kappa shape index (κ2) is 6.70. The number of ether oxygens (including phenoxy) is 1.